The van der Waals surface area contributed by atoms with Crippen LogP contribution in [0.25, 0.3) is 5.65 Å². The Labute approximate surface area is 206 Å². The maximum absolute atomic E-state index is 13.5. The van der Waals surface area contributed by atoms with Gasteiger partial charge in [-0.15, -0.1) is 5.10 Å². The van der Waals surface area contributed by atoms with Crippen LogP contribution in [-0.2, 0) is 22.6 Å². The lowest BCUT2D eigenvalue weighted by Crippen LogP contribution is -2.37. The highest BCUT2D eigenvalue weighted by molar-refractivity contribution is 5.98. The van der Waals surface area contributed by atoms with Gasteiger partial charge in [-0.1, -0.05) is 12.8 Å². The van der Waals surface area contributed by atoms with Gasteiger partial charge in [0.2, 0.25) is 5.91 Å². The van der Waals surface area contributed by atoms with Gasteiger partial charge in [0.1, 0.15) is 29.5 Å². The van der Waals surface area contributed by atoms with Gasteiger partial charge >= 0.3 is 0 Å². The molecule has 1 aliphatic carbocycles. The monoisotopic (exact) mass is 497 g/mol. The van der Waals surface area contributed by atoms with Crippen LogP contribution in [0.2, 0.25) is 0 Å². The van der Waals surface area contributed by atoms with Crippen LogP contribution in [0.4, 0.5) is 16.0 Å². The zero-order valence-electron chi connectivity index (χ0n) is 20.2. The maximum atomic E-state index is 13.5. The fourth-order valence-corrected chi connectivity index (χ4v) is 4.96. The van der Waals surface area contributed by atoms with Gasteiger partial charge in [-0.25, -0.2) is 9.37 Å². The minimum absolute atomic E-state index is 0.0971. The number of anilines is 2. The van der Waals surface area contributed by atoms with Crippen molar-refractivity contribution in [3.8, 4) is 0 Å². The maximum Gasteiger partial charge on any atom is 0.280 e. The van der Waals surface area contributed by atoms with Crippen LogP contribution in [-0.4, -0.2) is 61.7 Å². The van der Waals surface area contributed by atoms with Crippen molar-refractivity contribution in [1.29, 1.82) is 0 Å². The van der Waals surface area contributed by atoms with Gasteiger partial charge in [0.15, 0.2) is 5.82 Å². The summed E-state index contributed by atoms with van der Waals surface area (Å²) in [6.45, 7) is 1.97. The van der Waals surface area contributed by atoms with Crippen molar-refractivity contribution in [2.75, 3.05) is 24.4 Å². The van der Waals surface area contributed by atoms with Gasteiger partial charge in [-0.3, -0.25) is 14.4 Å². The van der Waals surface area contributed by atoms with E-state index in [1.807, 2.05) is 6.92 Å². The first kappa shape index (κ1) is 23.9. The molecule has 4 heterocycles. The van der Waals surface area contributed by atoms with Crippen molar-refractivity contribution in [2.45, 2.75) is 57.8 Å². The fourth-order valence-electron chi connectivity index (χ4n) is 4.96. The van der Waals surface area contributed by atoms with E-state index in [0.717, 1.165) is 31.9 Å². The highest BCUT2D eigenvalue weighted by Crippen LogP contribution is 2.27. The molecule has 2 N–H and O–H groups in total. The third-order valence-corrected chi connectivity index (χ3v) is 6.71. The smallest absolute Gasteiger partial charge is 0.280 e. The molecule has 0 bridgehead atoms. The van der Waals surface area contributed by atoms with E-state index in [1.54, 1.807) is 18.1 Å². The molecule has 190 valence electrons. The zero-order chi connectivity index (χ0) is 25.4. The first-order chi connectivity index (χ1) is 17.4. The fraction of sp³-hybridized carbons (Fsp3) is 0.458. The van der Waals surface area contributed by atoms with E-state index in [-0.39, 0.29) is 48.2 Å². The predicted octanol–water partition coefficient (Wildman–Crippen LogP) is 2.01. The third kappa shape index (κ3) is 4.43. The van der Waals surface area contributed by atoms with Crippen LogP contribution in [0.3, 0.4) is 0 Å². The lowest BCUT2D eigenvalue weighted by atomic mass is 10.2. The number of carbonyl (C=O) groups excluding carboxylic acids is 2. The highest BCUT2D eigenvalue weighted by atomic mass is 19.1. The molecule has 3 aromatic heterocycles. The highest BCUT2D eigenvalue weighted by Gasteiger charge is 2.37. The molecule has 36 heavy (non-hydrogen) atoms. The number of carbonyl (C=O) groups is 2. The molecule has 2 aliphatic rings. The van der Waals surface area contributed by atoms with E-state index in [2.05, 4.69) is 20.7 Å². The van der Waals surface area contributed by atoms with Crippen molar-refractivity contribution in [2.24, 2.45) is 0 Å². The van der Waals surface area contributed by atoms with Crippen molar-refractivity contribution >= 4 is 29.1 Å². The molecule has 1 unspecified atom stereocenters. The van der Waals surface area contributed by atoms with E-state index in [0.29, 0.717) is 18.1 Å². The van der Waals surface area contributed by atoms with Gasteiger partial charge in [0, 0.05) is 19.2 Å². The van der Waals surface area contributed by atoms with Crippen LogP contribution < -0.4 is 16.2 Å². The minimum atomic E-state index is -0.523. The molecule has 0 aromatic carbocycles. The second-order valence-corrected chi connectivity index (χ2v) is 9.29. The molecule has 2 amide bonds. The zero-order valence-corrected chi connectivity index (χ0v) is 20.2. The number of hydrogen-bond donors (Lipinski definition) is 2. The number of hydrogen-bond acceptors (Lipinski definition) is 7. The lowest BCUT2D eigenvalue weighted by Gasteiger charge is -2.23. The third-order valence-electron chi connectivity index (χ3n) is 6.71. The number of amides is 2. The number of pyridine rings is 1. The number of nitrogens with zero attached hydrogens (tertiary/aromatic N) is 5. The largest absolute Gasteiger partial charge is 0.383 e. The van der Waals surface area contributed by atoms with E-state index in [4.69, 9.17) is 4.74 Å². The van der Waals surface area contributed by atoms with Gasteiger partial charge in [0.25, 0.3) is 11.5 Å². The van der Waals surface area contributed by atoms with E-state index >= 15 is 0 Å². The molecule has 1 aliphatic heterocycles. The molecule has 1 atom stereocenters. The second kappa shape index (κ2) is 9.69. The quantitative estimate of drug-likeness (QED) is 0.488. The van der Waals surface area contributed by atoms with Crippen molar-refractivity contribution < 1.29 is 18.7 Å². The summed E-state index contributed by atoms with van der Waals surface area (Å²) < 4.78 is 21.2. The number of nitrogens with one attached hydrogen (secondary N) is 2. The number of fused-ring (bicyclic) bond motifs is 2. The lowest BCUT2D eigenvalue weighted by molar-refractivity contribution is -0.116. The Bertz CT molecular complexity index is 1360. The Morgan fingerprint density at radius 2 is 2.03 bits per heavy atom. The van der Waals surface area contributed by atoms with Crippen molar-refractivity contribution in [3.63, 3.8) is 0 Å². The molecular formula is C24H28FN7O4. The average Bonchev–Trinajstić information content (AvgIpc) is 3.58. The summed E-state index contributed by atoms with van der Waals surface area (Å²) in [5, 5.41) is 10.5. The van der Waals surface area contributed by atoms with Gasteiger partial charge in [0.05, 0.1) is 31.0 Å². The summed E-state index contributed by atoms with van der Waals surface area (Å²) in [7, 11) is 1.55. The van der Waals surface area contributed by atoms with E-state index in [1.165, 1.54) is 21.2 Å². The van der Waals surface area contributed by atoms with Crippen LogP contribution in [0, 0.1) is 5.82 Å². The molecule has 0 spiro atoms. The Balaban J connectivity index is 1.54. The Morgan fingerprint density at radius 1 is 1.25 bits per heavy atom. The SMILES string of the molecule is COCC(C)N1Cc2c(n(CC(=O)Nc3ccc(F)cn3)c3cc(NC4CCCC4)nn3c2=O)C1=O. The first-order valence-electron chi connectivity index (χ1n) is 12.0. The van der Waals surface area contributed by atoms with Crippen LogP contribution in [0.15, 0.2) is 29.2 Å². The van der Waals surface area contributed by atoms with E-state index < -0.39 is 17.3 Å². The van der Waals surface area contributed by atoms with Gasteiger partial charge in [-0.2, -0.15) is 4.52 Å². The number of halogens is 1. The molecule has 3 aromatic rings. The molecule has 0 radical (unpaired) electrons. The first-order valence-corrected chi connectivity index (χ1v) is 12.0. The summed E-state index contributed by atoms with van der Waals surface area (Å²) in [5.74, 6) is -0.661. The second-order valence-electron chi connectivity index (χ2n) is 9.29. The normalized spacial score (nSPS) is 16.5. The summed E-state index contributed by atoms with van der Waals surface area (Å²) in [5.41, 5.74) is 0.372. The molecule has 1 saturated carbocycles. The van der Waals surface area contributed by atoms with E-state index in [9.17, 15) is 18.8 Å². The molecule has 1 fully saturated rings. The average molecular weight is 498 g/mol. The standard InChI is InChI=1S/C24H28FN7O4/c1-14(13-36-2)30-11-17-22(24(30)35)31(12-20(33)28-18-8-7-15(25)10-26-18)21-9-19(29-32(21)23(17)34)27-16-5-3-4-6-16/h7-10,14,16H,3-6,11-13H2,1-2H3,(H,27,29)(H,26,28,33). The molecular weight excluding hydrogens is 469 g/mol. The minimum Gasteiger partial charge on any atom is -0.383 e. The number of ether oxygens (including phenoxy) is 1. The molecule has 5 rings (SSSR count). The number of methoxy groups -OCH3 is 1. The Kier molecular flexibility index (Phi) is 6.44. The predicted molar refractivity (Wildman–Crippen MR) is 129 cm³/mol. The topological polar surface area (TPSA) is 123 Å². The summed E-state index contributed by atoms with van der Waals surface area (Å²) in [4.78, 5) is 45.3. The summed E-state index contributed by atoms with van der Waals surface area (Å²) in [6.07, 6.45) is 5.31. The molecule has 12 heteroatoms. The molecule has 11 nitrogen and oxygen atoms in total. The van der Waals surface area contributed by atoms with Crippen LogP contribution >= 0.6 is 0 Å². The number of rotatable bonds is 8. The van der Waals surface area contributed by atoms with Gasteiger partial charge < -0.3 is 24.8 Å². The molecule has 0 saturated heterocycles. The van der Waals surface area contributed by atoms with Gasteiger partial charge in [-0.05, 0) is 31.9 Å². The van der Waals surface area contributed by atoms with Crippen LogP contribution in [0.1, 0.15) is 48.7 Å². The van der Waals surface area contributed by atoms with Crippen LogP contribution in [0.5, 0.6) is 0 Å². The van der Waals surface area contributed by atoms with Crippen molar-refractivity contribution in [1.82, 2.24) is 24.1 Å². The summed E-state index contributed by atoms with van der Waals surface area (Å²) >= 11 is 0. The Hall–Kier alpha value is -3.80. The summed E-state index contributed by atoms with van der Waals surface area (Å²) in [6, 6.07) is 4.23. The Morgan fingerprint density at radius 3 is 2.72 bits per heavy atom. The van der Waals surface area contributed by atoms with Crippen molar-refractivity contribution in [3.05, 3.63) is 51.8 Å². The number of aromatic nitrogens is 4.